The second-order valence-corrected chi connectivity index (χ2v) is 11.4. The van der Waals surface area contributed by atoms with Crippen LogP contribution in [0.15, 0.2) is 77.7 Å². The van der Waals surface area contributed by atoms with Gasteiger partial charge in [-0.15, -0.1) is 0 Å². The van der Waals surface area contributed by atoms with E-state index in [1.165, 1.54) is 37.3 Å². The fourth-order valence-corrected chi connectivity index (χ4v) is 5.70. The number of unbranched alkanes of at least 4 members (excludes halogenated alkanes) is 1. The van der Waals surface area contributed by atoms with Crippen LogP contribution in [0.2, 0.25) is 0 Å². The minimum atomic E-state index is -4.20. The van der Waals surface area contributed by atoms with Gasteiger partial charge in [-0.2, -0.15) is 0 Å². The second-order valence-electron chi connectivity index (χ2n) is 9.55. The van der Waals surface area contributed by atoms with Gasteiger partial charge in [0.1, 0.15) is 18.3 Å². The molecule has 0 fully saturated rings. The molecule has 0 spiro atoms. The minimum absolute atomic E-state index is 0.0136. The van der Waals surface area contributed by atoms with Crippen LogP contribution in [-0.2, 0) is 26.2 Å². The Labute approximate surface area is 248 Å². The van der Waals surface area contributed by atoms with Crippen LogP contribution >= 0.6 is 0 Å². The molecule has 0 aliphatic carbocycles. The monoisotopic (exact) mass is 597 g/mol. The normalized spacial score (nSPS) is 11.7. The summed E-state index contributed by atoms with van der Waals surface area (Å²) < 4.78 is 44.9. The van der Waals surface area contributed by atoms with Crippen molar-refractivity contribution in [2.24, 2.45) is 0 Å². The topological polar surface area (TPSA) is 114 Å². The van der Waals surface area contributed by atoms with Crippen molar-refractivity contribution in [3.05, 3.63) is 78.4 Å². The average Bonchev–Trinajstić information content (AvgIpc) is 3.02. The lowest BCUT2D eigenvalue weighted by Gasteiger charge is -2.32. The molecule has 1 atom stereocenters. The molecule has 3 aromatic carbocycles. The van der Waals surface area contributed by atoms with Gasteiger partial charge in [0.25, 0.3) is 10.0 Å². The number of ether oxygens (including phenoxy) is 3. The van der Waals surface area contributed by atoms with E-state index in [2.05, 4.69) is 5.32 Å². The number of benzene rings is 3. The number of nitrogens with zero attached hydrogens (tertiary/aromatic N) is 2. The van der Waals surface area contributed by atoms with Gasteiger partial charge in [-0.3, -0.25) is 13.9 Å². The summed E-state index contributed by atoms with van der Waals surface area (Å²) in [6, 6.07) is 18.7. The SMILES string of the molecule is CCCCNC(=O)[C@H](C)N(Cc1ccc(OC)cc1)C(=O)CN(c1ccc(OC)c(OC)c1)S(=O)(=O)c1ccccc1. The molecule has 2 amide bonds. The van der Waals surface area contributed by atoms with Gasteiger partial charge in [-0.05, 0) is 55.3 Å². The summed E-state index contributed by atoms with van der Waals surface area (Å²) >= 11 is 0. The standard InChI is InChI=1S/C31H39N3O7S/c1-6-7-19-32-31(36)23(2)33(21-24-13-16-26(39-3)17-14-24)30(35)22-34(42(37,38)27-11-9-8-10-12-27)25-15-18-28(40-4)29(20-25)41-5/h8-18,20,23H,6-7,19,21-22H2,1-5H3,(H,32,36)/t23-/m0/s1. The molecular weight excluding hydrogens is 558 g/mol. The van der Waals surface area contributed by atoms with E-state index in [9.17, 15) is 18.0 Å². The van der Waals surface area contributed by atoms with Crippen molar-refractivity contribution < 1.29 is 32.2 Å². The van der Waals surface area contributed by atoms with E-state index in [4.69, 9.17) is 14.2 Å². The average molecular weight is 598 g/mol. The summed E-state index contributed by atoms with van der Waals surface area (Å²) in [6.07, 6.45) is 1.70. The zero-order valence-corrected chi connectivity index (χ0v) is 25.5. The molecule has 10 nitrogen and oxygen atoms in total. The highest BCUT2D eigenvalue weighted by Crippen LogP contribution is 2.34. The maximum absolute atomic E-state index is 14.0. The van der Waals surface area contributed by atoms with Gasteiger partial charge in [0, 0.05) is 19.2 Å². The molecule has 0 aromatic heterocycles. The van der Waals surface area contributed by atoms with Crippen LogP contribution in [0.4, 0.5) is 5.69 Å². The Bertz CT molecular complexity index is 1430. The van der Waals surface area contributed by atoms with Crippen LogP contribution in [0.25, 0.3) is 0 Å². The predicted octanol–water partition coefficient (Wildman–Crippen LogP) is 4.24. The lowest BCUT2D eigenvalue weighted by Crippen LogP contribution is -2.51. The van der Waals surface area contributed by atoms with Gasteiger partial charge >= 0.3 is 0 Å². The van der Waals surface area contributed by atoms with Crippen LogP contribution < -0.4 is 23.8 Å². The third kappa shape index (κ3) is 7.94. The minimum Gasteiger partial charge on any atom is -0.497 e. The first-order valence-electron chi connectivity index (χ1n) is 13.7. The van der Waals surface area contributed by atoms with Crippen molar-refractivity contribution in [2.75, 3.05) is 38.7 Å². The van der Waals surface area contributed by atoms with Crippen LogP contribution in [0, 0.1) is 0 Å². The molecule has 0 saturated heterocycles. The Kier molecular flexibility index (Phi) is 11.6. The fourth-order valence-electron chi connectivity index (χ4n) is 4.27. The van der Waals surface area contributed by atoms with Crippen molar-refractivity contribution in [2.45, 2.75) is 44.2 Å². The molecule has 42 heavy (non-hydrogen) atoms. The number of hydrogen-bond acceptors (Lipinski definition) is 7. The van der Waals surface area contributed by atoms with E-state index in [-0.39, 0.29) is 23.0 Å². The van der Waals surface area contributed by atoms with Gasteiger partial charge in [0.05, 0.1) is 31.9 Å². The summed E-state index contributed by atoms with van der Waals surface area (Å²) in [5.74, 6) is 0.473. The van der Waals surface area contributed by atoms with Crippen molar-refractivity contribution in [1.29, 1.82) is 0 Å². The number of rotatable bonds is 15. The van der Waals surface area contributed by atoms with Crippen LogP contribution in [0.3, 0.4) is 0 Å². The van der Waals surface area contributed by atoms with Crippen LogP contribution in [-0.4, -0.2) is 65.6 Å². The Hall–Kier alpha value is -4.25. The number of carbonyl (C=O) groups excluding carboxylic acids is 2. The molecule has 0 radical (unpaired) electrons. The first kappa shape index (κ1) is 32.3. The molecule has 3 rings (SSSR count). The van der Waals surface area contributed by atoms with Crippen molar-refractivity contribution >= 4 is 27.5 Å². The van der Waals surface area contributed by atoms with E-state index in [0.717, 1.165) is 22.7 Å². The summed E-state index contributed by atoms with van der Waals surface area (Å²) in [5.41, 5.74) is 0.954. The summed E-state index contributed by atoms with van der Waals surface area (Å²) in [6.45, 7) is 3.65. The highest BCUT2D eigenvalue weighted by Gasteiger charge is 2.33. The zero-order chi connectivity index (χ0) is 30.7. The first-order chi connectivity index (χ1) is 20.2. The Morgan fingerprint density at radius 1 is 0.881 bits per heavy atom. The van der Waals surface area contributed by atoms with E-state index < -0.39 is 28.5 Å². The molecular formula is C31H39N3O7S. The molecule has 0 heterocycles. The molecule has 226 valence electrons. The smallest absolute Gasteiger partial charge is 0.264 e. The first-order valence-corrected chi connectivity index (χ1v) is 15.1. The molecule has 0 bridgehead atoms. The van der Waals surface area contributed by atoms with Gasteiger partial charge in [0.15, 0.2) is 11.5 Å². The Morgan fingerprint density at radius 3 is 2.14 bits per heavy atom. The molecule has 0 unspecified atom stereocenters. The van der Waals surface area contributed by atoms with Gasteiger partial charge in [-0.25, -0.2) is 8.42 Å². The van der Waals surface area contributed by atoms with Gasteiger partial charge in [-0.1, -0.05) is 43.7 Å². The van der Waals surface area contributed by atoms with E-state index in [1.54, 1.807) is 68.6 Å². The van der Waals surface area contributed by atoms with Gasteiger partial charge < -0.3 is 24.4 Å². The largest absolute Gasteiger partial charge is 0.497 e. The number of anilines is 1. The number of methoxy groups -OCH3 is 3. The van der Waals surface area contributed by atoms with Gasteiger partial charge in [0.2, 0.25) is 11.8 Å². The Balaban J connectivity index is 2.04. The number of nitrogens with one attached hydrogen (secondary N) is 1. The highest BCUT2D eigenvalue weighted by molar-refractivity contribution is 7.92. The van der Waals surface area contributed by atoms with Crippen LogP contribution in [0.1, 0.15) is 32.3 Å². The van der Waals surface area contributed by atoms with E-state index in [1.807, 2.05) is 6.92 Å². The van der Waals surface area contributed by atoms with E-state index in [0.29, 0.717) is 23.8 Å². The maximum Gasteiger partial charge on any atom is 0.264 e. The summed E-state index contributed by atoms with van der Waals surface area (Å²) in [4.78, 5) is 28.5. The maximum atomic E-state index is 14.0. The molecule has 0 saturated carbocycles. The Morgan fingerprint density at radius 2 is 1.55 bits per heavy atom. The number of hydrogen-bond donors (Lipinski definition) is 1. The third-order valence-electron chi connectivity index (χ3n) is 6.77. The number of sulfonamides is 1. The second kappa shape index (κ2) is 15.1. The molecule has 1 N–H and O–H groups in total. The molecule has 11 heteroatoms. The number of carbonyl (C=O) groups is 2. The summed E-state index contributed by atoms with van der Waals surface area (Å²) in [5, 5.41) is 2.88. The molecule has 3 aromatic rings. The lowest BCUT2D eigenvalue weighted by atomic mass is 10.1. The quantitative estimate of drug-likeness (QED) is 0.261. The van der Waals surface area contributed by atoms with E-state index >= 15 is 0 Å². The number of amides is 2. The predicted molar refractivity (Wildman–Crippen MR) is 161 cm³/mol. The molecule has 0 aliphatic rings. The van der Waals surface area contributed by atoms with Crippen molar-refractivity contribution in [1.82, 2.24) is 10.2 Å². The van der Waals surface area contributed by atoms with Crippen molar-refractivity contribution in [3.63, 3.8) is 0 Å². The zero-order valence-electron chi connectivity index (χ0n) is 24.7. The fraction of sp³-hybridized carbons (Fsp3) is 0.355. The van der Waals surface area contributed by atoms with Crippen LogP contribution in [0.5, 0.6) is 17.2 Å². The molecule has 0 aliphatic heterocycles. The highest BCUT2D eigenvalue weighted by atomic mass is 32.2. The third-order valence-corrected chi connectivity index (χ3v) is 8.56. The van der Waals surface area contributed by atoms with Crippen molar-refractivity contribution in [3.8, 4) is 17.2 Å². The summed E-state index contributed by atoms with van der Waals surface area (Å²) in [7, 11) is 0.277. The lowest BCUT2D eigenvalue weighted by molar-refractivity contribution is -0.139.